The smallest absolute Gasteiger partial charge is 0.386 e. The molecule has 3 atom stereocenters. The second-order valence-corrected chi connectivity index (χ2v) is 11.9. The molecule has 0 aliphatic carbocycles. The number of benzene rings is 2. The van der Waals surface area contributed by atoms with E-state index in [-0.39, 0.29) is 18.6 Å². The third-order valence-electron chi connectivity index (χ3n) is 6.69. The number of ether oxygens (including phenoxy) is 1. The maximum atomic E-state index is 13.4. The number of pyridine rings is 1. The van der Waals surface area contributed by atoms with Crippen LogP contribution in [0.1, 0.15) is 43.7 Å². The number of aromatic nitrogens is 1. The lowest BCUT2D eigenvalue weighted by atomic mass is 9.98. The highest BCUT2D eigenvalue weighted by Crippen LogP contribution is 2.25. The molecule has 0 radical (unpaired) electrons. The molecule has 246 valence electrons. The molecule has 2 aromatic carbocycles. The van der Waals surface area contributed by atoms with Gasteiger partial charge in [-0.1, -0.05) is 60.7 Å². The quantitative estimate of drug-likeness (QED) is 0.116. The minimum Gasteiger partial charge on any atom is -0.386 e. The van der Waals surface area contributed by atoms with Crippen LogP contribution < -0.4 is 16.0 Å². The highest BCUT2D eigenvalue weighted by molar-refractivity contribution is 7.84. The van der Waals surface area contributed by atoms with Gasteiger partial charge in [-0.25, -0.2) is 9.78 Å². The van der Waals surface area contributed by atoms with E-state index in [4.69, 9.17) is 0 Å². The largest absolute Gasteiger partial charge is 0.491 e. The minimum absolute atomic E-state index is 0.00140. The van der Waals surface area contributed by atoms with E-state index in [9.17, 15) is 36.6 Å². The van der Waals surface area contributed by atoms with Crippen LogP contribution in [0.2, 0.25) is 0 Å². The standard InChI is InChI=1S/C32H35F3N4O6S/c1-46(44)20-17-25(38-28(40)12-6-8-19-37-27-11-5-7-18-36-27)30(42)39-26(21-29(41)45-31(43)32(33,34)35)24-15-13-23(14-16-24)22-9-3-2-4-10-22/h2-5,7,9-11,13-16,18,25-26H,6,8,12,17,19-21H2,1H3,(H,36,37)(H,38,40)(H,39,42)/t25-,26?,46?/m0/s1. The van der Waals surface area contributed by atoms with Crippen LogP contribution in [0.5, 0.6) is 0 Å². The number of alkyl halides is 3. The lowest BCUT2D eigenvalue weighted by molar-refractivity contribution is -0.202. The number of rotatable bonds is 16. The van der Waals surface area contributed by atoms with Gasteiger partial charge in [-0.3, -0.25) is 18.6 Å². The maximum absolute atomic E-state index is 13.4. The summed E-state index contributed by atoms with van der Waals surface area (Å²) >= 11 is 0. The van der Waals surface area contributed by atoms with E-state index in [0.29, 0.717) is 30.8 Å². The van der Waals surface area contributed by atoms with E-state index in [1.165, 1.54) is 6.26 Å². The molecule has 0 aliphatic heterocycles. The fraction of sp³-hybridized carbons (Fsp3) is 0.344. The van der Waals surface area contributed by atoms with E-state index >= 15 is 0 Å². The van der Waals surface area contributed by atoms with Crippen molar-refractivity contribution in [1.82, 2.24) is 15.6 Å². The summed E-state index contributed by atoms with van der Waals surface area (Å²) in [4.78, 5) is 53.9. The summed E-state index contributed by atoms with van der Waals surface area (Å²) in [7, 11) is -1.30. The van der Waals surface area contributed by atoms with Crippen molar-refractivity contribution in [2.45, 2.75) is 50.4 Å². The summed E-state index contributed by atoms with van der Waals surface area (Å²) in [5, 5.41) is 8.37. The predicted molar refractivity (Wildman–Crippen MR) is 167 cm³/mol. The van der Waals surface area contributed by atoms with Gasteiger partial charge in [0.2, 0.25) is 11.8 Å². The molecule has 0 saturated carbocycles. The van der Waals surface area contributed by atoms with Gasteiger partial charge in [0.05, 0.1) is 12.5 Å². The van der Waals surface area contributed by atoms with Crippen LogP contribution in [0.3, 0.4) is 0 Å². The number of carbonyl (C=O) groups is 4. The number of anilines is 1. The van der Waals surface area contributed by atoms with Crippen molar-refractivity contribution in [3.8, 4) is 11.1 Å². The molecule has 14 heteroatoms. The second kappa shape index (κ2) is 17.8. The zero-order valence-electron chi connectivity index (χ0n) is 25.0. The van der Waals surface area contributed by atoms with Crippen molar-refractivity contribution in [2.75, 3.05) is 23.9 Å². The summed E-state index contributed by atoms with van der Waals surface area (Å²) in [5.74, 6) is -4.58. The van der Waals surface area contributed by atoms with Crippen LogP contribution in [0.25, 0.3) is 11.1 Å². The van der Waals surface area contributed by atoms with Gasteiger partial charge in [-0.15, -0.1) is 0 Å². The summed E-state index contributed by atoms with van der Waals surface area (Å²) < 4.78 is 53.9. The molecule has 0 aliphatic rings. The number of nitrogens with zero attached hydrogens (tertiary/aromatic N) is 1. The van der Waals surface area contributed by atoms with Crippen molar-refractivity contribution in [1.29, 1.82) is 0 Å². The van der Waals surface area contributed by atoms with Gasteiger partial charge < -0.3 is 20.7 Å². The third kappa shape index (κ3) is 12.4. The van der Waals surface area contributed by atoms with Crippen molar-refractivity contribution in [2.24, 2.45) is 0 Å². The van der Waals surface area contributed by atoms with Crippen molar-refractivity contribution in [3.63, 3.8) is 0 Å². The first-order chi connectivity index (χ1) is 21.9. The third-order valence-corrected chi connectivity index (χ3v) is 7.50. The zero-order valence-corrected chi connectivity index (χ0v) is 25.9. The summed E-state index contributed by atoms with van der Waals surface area (Å²) in [6.45, 7) is 0.570. The summed E-state index contributed by atoms with van der Waals surface area (Å²) in [6, 6.07) is 18.9. The van der Waals surface area contributed by atoms with E-state index < -0.39 is 59.2 Å². The van der Waals surface area contributed by atoms with Crippen LogP contribution in [-0.4, -0.2) is 63.7 Å². The van der Waals surface area contributed by atoms with Crippen LogP contribution in [0, 0.1) is 0 Å². The van der Waals surface area contributed by atoms with Gasteiger partial charge in [0.15, 0.2) is 0 Å². The van der Waals surface area contributed by atoms with Crippen LogP contribution >= 0.6 is 0 Å². The highest BCUT2D eigenvalue weighted by atomic mass is 32.2. The number of halogens is 3. The van der Waals surface area contributed by atoms with Crippen LogP contribution in [-0.2, 0) is 34.7 Å². The molecule has 1 heterocycles. The van der Waals surface area contributed by atoms with Gasteiger partial charge >= 0.3 is 18.1 Å². The number of carbonyl (C=O) groups excluding carboxylic acids is 4. The average molecular weight is 661 g/mol. The van der Waals surface area contributed by atoms with Gasteiger partial charge in [0.25, 0.3) is 0 Å². The SMILES string of the molecule is CS(=O)CC[C@H](NC(=O)CCCCNc1ccccn1)C(=O)NC(CC(=O)OC(=O)C(F)(F)F)c1ccc(-c2ccccc2)cc1. The molecule has 2 amide bonds. The van der Waals surface area contributed by atoms with Crippen LogP contribution in [0.15, 0.2) is 79.0 Å². The molecular formula is C32H35F3N4O6S. The molecule has 3 rings (SSSR count). The molecule has 0 fully saturated rings. The Bertz CT molecular complexity index is 1470. The number of nitrogens with one attached hydrogen (secondary N) is 3. The van der Waals surface area contributed by atoms with E-state index in [1.54, 1.807) is 36.5 Å². The molecular weight excluding hydrogens is 625 g/mol. The number of amides is 2. The Balaban J connectivity index is 1.70. The van der Waals surface area contributed by atoms with Gasteiger partial charge in [-0.05, 0) is 48.1 Å². The first-order valence-electron chi connectivity index (χ1n) is 14.4. The molecule has 3 N–H and O–H groups in total. The van der Waals surface area contributed by atoms with Crippen molar-refractivity contribution < 1.29 is 41.3 Å². The van der Waals surface area contributed by atoms with E-state index in [0.717, 1.165) is 11.1 Å². The fourth-order valence-electron chi connectivity index (χ4n) is 4.35. The van der Waals surface area contributed by atoms with Crippen molar-refractivity contribution >= 4 is 40.4 Å². The number of hydrogen-bond donors (Lipinski definition) is 3. The fourth-order valence-corrected chi connectivity index (χ4v) is 4.91. The number of unbranched alkanes of at least 4 members (excludes halogenated alkanes) is 1. The average Bonchev–Trinajstić information content (AvgIpc) is 3.03. The Morgan fingerprint density at radius 1 is 0.891 bits per heavy atom. The lowest BCUT2D eigenvalue weighted by Gasteiger charge is -2.24. The number of esters is 2. The predicted octanol–water partition coefficient (Wildman–Crippen LogP) is 4.46. The summed E-state index contributed by atoms with van der Waals surface area (Å²) in [6.07, 6.45) is -1.87. The molecule has 0 saturated heterocycles. The van der Waals surface area contributed by atoms with E-state index in [1.807, 2.05) is 42.5 Å². The van der Waals surface area contributed by atoms with Gasteiger partial charge in [0.1, 0.15) is 11.9 Å². The molecule has 10 nitrogen and oxygen atoms in total. The minimum atomic E-state index is -5.38. The van der Waals surface area contributed by atoms with Crippen LogP contribution in [0.4, 0.5) is 19.0 Å². The Hall–Kier alpha value is -4.59. The molecule has 0 bridgehead atoms. The van der Waals surface area contributed by atoms with Crippen molar-refractivity contribution in [3.05, 3.63) is 84.6 Å². The van der Waals surface area contributed by atoms with E-state index in [2.05, 4.69) is 25.7 Å². The molecule has 1 aromatic heterocycles. The Morgan fingerprint density at radius 3 is 2.20 bits per heavy atom. The van der Waals surface area contributed by atoms with Gasteiger partial charge in [-0.2, -0.15) is 13.2 Å². The first-order valence-corrected chi connectivity index (χ1v) is 16.2. The van der Waals surface area contributed by atoms with Gasteiger partial charge in [0, 0.05) is 42.0 Å². The monoisotopic (exact) mass is 660 g/mol. The molecule has 2 unspecified atom stereocenters. The Kier molecular flexibility index (Phi) is 13.9. The molecule has 0 spiro atoms. The lowest BCUT2D eigenvalue weighted by Crippen LogP contribution is -2.48. The zero-order chi connectivity index (χ0) is 33.5. The molecule has 46 heavy (non-hydrogen) atoms. The molecule has 3 aromatic rings. The Morgan fingerprint density at radius 2 is 1.57 bits per heavy atom. The normalized spacial score (nSPS) is 13.1. The second-order valence-electron chi connectivity index (χ2n) is 10.3. The Labute approximate surface area is 267 Å². The maximum Gasteiger partial charge on any atom is 0.491 e. The summed E-state index contributed by atoms with van der Waals surface area (Å²) in [5.41, 5.74) is 2.02. The topological polar surface area (TPSA) is 144 Å². The first kappa shape index (κ1) is 35.9. The number of hydrogen-bond acceptors (Lipinski definition) is 8. The highest BCUT2D eigenvalue weighted by Gasteiger charge is 2.42.